The van der Waals surface area contributed by atoms with E-state index in [2.05, 4.69) is 26.0 Å². The molecule has 0 aromatic heterocycles. The predicted molar refractivity (Wildman–Crippen MR) is 102 cm³/mol. The molecule has 2 rings (SSSR count). The van der Waals surface area contributed by atoms with E-state index < -0.39 is 0 Å². The molecule has 1 aromatic carbocycles. The Balaban J connectivity index is 1.87. The van der Waals surface area contributed by atoms with Crippen molar-refractivity contribution in [2.24, 2.45) is 11.8 Å². The SMILES string of the molecule is CCCCCCCC[C@@H]1[C@@H](Cc2cccc(OC)c2C)CC[C@H]1O. The van der Waals surface area contributed by atoms with Gasteiger partial charge >= 0.3 is 0 Å². The maximum Gasteiger partial charge on any atom is 0.122 e. The summed E-state index contributed by atoms with van der Waals surface area (Å²) in [6.07, 6.45) is 12.3. The summed E-state index contributed by atoms with van der Waals surface area (Å²) in [6, 6.07) is 6.36. The molecule has 0 spiro atoms. The highest BCUT2D eigenvalue weighted by atomic mass is 16.5. The number of aliphatic hydroxyl groups is 1. The summed E-state index contributed by atoms with van der Waals surface area (Å²) in [7, 11) is 1.74. The van der Waals surface area contributed by atoms with Crippen LogP contribution in [0.4, 0.5) is 0 Å². The van der Waals surface area contributed by atoms with Gasteiger partial charge in [-0.3, -0.25) is 0 Å². The summed E-state index contributed by atoms with van der Waals surface area (Å²) in [5, 5.41) is 10.4. The van der Waals surface area contributed by atoms with Gasteiger partial charge in [-0.25, -0.2) is 0 Å². The first-order valence-electron chi connectivity index (χ1n) is 9.97. The predicted octanol–water partition coefficient (Wildman–Crippen LogP) is 5.68. The Kier molecular flexibility index (Phi) is 8.11. The third-order valence-corrected chi connectivity index (χ3v) is 5.92. The normalized spacial score (nSPS) is 23.6. The lowest BCUT2D eigenvalue weighted by Crippen LogP contribution is -2.21. The van der Waals surface area contributed by atoms with E-state index in [1.165, 1.54) is 56.1 Å². The van der Waals surface area contributed by atoms with Gasteiger partial charge in [0.1, 0.15) is 5.75 Å². The fourth-order valence-electron chi connectivity index (χ4n) is 4.35. The third kappa shape index (κ3) is 5.24. The number of ether oxygens (including phenoxy) is 1. The molecule has 0 aliphatic heterocycles. The van der Waals surface area contributed by atoms with Gasteiger partial charge in [-0.15, -0.1) is 0 Å². The molecular weight excluding hydrogens is 296 g/mol. The molecule has 1 saturated carbocycles. The highest BCUT2D eigenvalue weighted by molar-refractivity contribution is 5.39. The third-order valence-electron chi connectivity index (χ3n) is 5.92. The van der Waals surface area contributed by atoms with Gasteiger partial charge < -0.3 is 9.84 Å². The molecule has 1 aromatic rings. The van der Waals surface area contributed by atoms with E-state index in [1.807, 2.05) is 6.07 Å². The zero-order valence-corrected chi connectivity index (χ0v) is 15.9. The Morgan fingerprint density at radius 1 is 1.08 bits per heavy atom. The molecule has 0 bridgehead atoms. The summed E-state index contributed by atoms with van der Waals surface area (Å²) in [4.78, 5) is 0. The molecule has 0 radical (unpaired) electrons. The minimum absolute atomic E-state index is 0.0865. The smallest absolute Gasteiger partial charge is 0.122 e. The average Bonchev–Trinajstić information content (AvgIpc) is 2.93. The molecule has 0 amide bonds. The zero-order chi connectivity index (χ0) is 17.4. The van der Waals surface area contributed by atoms with Crippen molar-refractivity contribution in [1.82, 2.24) is 0 Å². The highest BCUT2D eigenvalue weighted by Gasteiger charge is 2.34. The number of benzene rings is 1. The average molecular weight is 333 g/mol. The minimum Gasteiger partial charge on any atom is -0.496 e. The van der Waals surface area contributed by atoms with Crippen molar-refractivity contribution in [3.05, 3.63) is 29.3 Å². The molecule has 0 unspecified atom stereocenters. The molecule has 24 heavy (non-hydrogen) atoms. The van der Waals surface area contributed by atoms with Gasteiger partial charge in [-0.2, -0.15) is 0 Å². The number of hydrogen-bond acceptors (Lipinski definition) is 2. The van der Waals surface area contributed by atoms with Crippen molar-refractivity contribution in [2.45, 2.75) is 84.2 Å². The van der Waals surface area contributed by atoms with Gasteiger partial charge in [-0.05, 0) is 61.6 Å². The second kappa shape index (κ2) is 10.1. The van der Waals surface area contributed by atoms with Crippen molar-refractivity contribution in [1.29, 1.82) is 0 Å². The molecule has 1 N–H and O–H groups in total. The van der Waals surface area contributed by atoms with Gasteiger partial charge in [0.15, 0.2) is 0 Å². The zero-order valence-electron chi connectivity index (χ0n) is 15.9. The largest absolute Gasteiger partial charge is 0.496 e. The number of aliphatic hydroxyl groups excluding tert-OH is 1. The van der Waals surface area contributed by atoms with E-state index in [0.29, 0.717) is 11.8 Å². The first-order chi connectivity index (χ1) is 11.7. The van der Waals surface area contributed by atoms with Crippen LogP contribution < -0.4 is 4.74 Å². The van der Waals surface area contributed by atoms with Crippen LogP contribution in [0.1, 0.15) is 75.8 Å². The molecule has 1 fully saturated rings. The lowest BCUT2D eigenvalue weighted by atomic mass is 9.84. The van der Waals surface area contributed by atoms with E-state index in [1.54, 1.807) is 7.11 Å². The molecule has 3 atom stereocenters. The lowest BCUT2D eigenvalue weighted by molar-refractivity contribution is 0.109. The molecule has 1 aliphatic rings. The molecular formula is C22H36O2. The second-order valence-electron chi connectivity index (χ2n) is 7.57. The van der Waals surface area contributed by atoms with Crippen LogP contribution in [0.2, 0.25) is 0 Å². The summed E-state index contributed by atoms with van der Waals surface area (Å²) >= 11 is 0. The number of unbranched alkanes of at least 4 members (excludes halogenated alkanes) is 5. The van der Waals surface area contributed by atoms with Crippen molar-refractivity contribution in [3.63, 3.8) is 0 Å². The van der Waals surface area contributed by atoms with E-state index in [9.17, 15) is 5.11 Å². The topological polar surface area (TPSA) is 29.5 Å². The molecule has 1 aliphatic carbocycles. The maximum absolute atomic E-state index is 10.4. The fourth-order valence-corrected chi connectivity index (χ4v) is 4.35. The van der Waals surface area contributed by atoms with Gasteiger partial charge in [0.2, 0.25) is 0 Å². The van der Waals surface area contributed by atoms with Crippen LogP contribution in [0.25, 0.3) is 0 Å². The molecule has 2 heteroatoms. The van der Waals surface area contributed by atoms with Crippen molar-refractivity contribution in [2.75, 3.05) is 7.11 Å². The molecule has 0 saturated heterocycles. The molecule has 2 nitrogen and oxygen atoms in total. The van der Waals surface area contributed by atoms with Gasteiger partial charge in [0, 0.05) is 0 Å². The Hall–Kier alpha value is -1.02. The summed E-state index contributed by atoms with van der Waals surface area (Å²) in [5.74, 6) is 2.10. The second-order valence-corrected chi connectivity index (χ2v) is 7.57. The van der Waals surface area contributed by atoms with Crippen LogP contribution in [-0.2, 0) is 6.42 Å². The van der Waals surface area contributed by atoms with Gasteiger partial charge in [0.05, 0.1) is 13.2 Å². The van der Waals surface area contributed by atoms with E-state index in [0.717, 1.165) is 25.0 Å². The Labute approximate surface area is 148 Å². The Morgan fingerprint density at radius 3 is 2.58 bits per heavy atom. The van der Waals surface area contributed by atoms with Crippen LogP contribution in [-0.4, -0.2) is 18.3 Å². The lowest BCUT2D eigenvalue weighted by Gasteiger charge is -2.23. The number of hydrogen-bond donors (Lipinski definition) is 1. The van der Waals surface area contributed by atoms with Crippen molar-refractivity contribution < 1.29 is 9.84 Å². The maximum atomic E-state index is 10.4. The van der Waals surface area contributed by atoms with E-state index in [4.69, 9.17) is 4.74 Å². The van der Waals surface area contributed by atoms with Crippen LogP contribution in [0.15, 0.2) is 18.2 Å². The monoisotopic (exact) mass is 332 g/mol. The first kappa shape index (κ1) is 19.3. The highest BCUT2D eigenvalue weighted by Crippen LogP contribution is 2.39. The van der Waals surface area contributed by atoms with Gasteiger partial charge in [-0.1, -0.05) is 57.6 Å². The standard InChI is InChI=1S/C22H36O2/c1-4-5-6-7-8-9-12-20-19(14-15-21(20)23)16-18-11-10-13-22(24-3)17(18)2/h10-11,13,19-21,23H,4-9,12,14-16H2,1-3H3/t19-,20-,21-/m1/s1. The number of rotatable bonds is 10. The van der Waals surface area contributed by atoms with Crippen molar-refractivity contribution in [3.8, 4) is 5.75 Å². The Morgan fingerprint density at radius 2 is 1.83 bits per heavy atom. The van der Waals surface area contributed by atoms with Crippen LogP contribution in [0, 0.1) is 18.8 Å². The van der Waals surface area contributed by atoms with E-state index >= 15 is 0 Å². The summed E-state index contributed by atoms with van der Waals surface area (Å²) in [5.41, 5.74) is 2.65. The van der Waals surface area contributed by atoms with Gasteiger partial charge in [0.25, 0.3) is 0 Å². The number of methoxy groups -OCH3 is 1. The summed E-state index contributed by atoms with van der Waals surface area (Å²) < 4.78 is 5.46. The van der Waals surface area contributed by atoms with Crippen LogP contribution in [0.5, 0.6) is 5.75 Å². The first-order valence-corrected chi connectivity index (χ1v) is 9.97. The minimum atomic E-state index is -0.0865. The molecule has 0 heterocycles. The van der Waals surface area contributed by atoms with Crippen molar-refractivity contribution >= 4 is 0 Å². The quantitative estimate of drug-likeness (QED) is 0.558. The van der Waals surface area contributed by atoms with E-state index in [-0.39, 0.29) is 6.10 Å². The van der Waals surface area contributed by atoms with Crippen LogP contribution >= 0.6 is 0 Å². The summed E-state index contributed by atoms with van der Waals surface area (Å²) in [6.45, 7) is 4.42. The fraction of sp³-hybridized carbons (Fsp3) is 0.727. The van der Waals surface area contributed by atoms with Crippen LogP contribution in [0.3, 0.4) is 0 Å². The Bertz CT molecular complexity index is 483. The molecule has 136 valence electrons.